The molecule has 0 saturated carbocycles. The first-order valence-electron chi connectivity index (χ1n) is 13.8. The van der Waals surface area contributed by atoms with Gasteiger partial charge in [0.25, 0.3) is 10.0 Å². The third-order valence-corrected chi connectivity index (χ3v) is 8.29. The van der Waals surface area contributed by atoms with Crippen LogP contribution in [0.25, 0.3) is 0 Å². The highest BCUT2D eigenvalue weighted by atomic mass is 32.2. The average molecular weight is 596 g/mol. The zero-order valence-corrected chi connectivity index (χ0v) is 26.2. The Bertz CT molecular complexity index is 1450. The molecule has 0 fully saturated rings. The average Bonchev–Trinajstić information content (AvgIpc) is 2.94. The Morgan fingerprint density at radius 2 is 1.48 bits per heavy atom. The van der Waals surface area contributed by atoms with Crippen molar-refractivity contribution in [3.05, 3.63) is 83.9 Å². The van der Waals surface area contributed by atoms with Crippen molar-refractivity contribution in [3.63, 3.8) is 0 Å². The van der Waals surface area contributed by atoms with Gasteiger partial charge in [-0.3, -0.25) is 13.9 Å². The highest BCUT2D eigenvalue weighted by Crippen LogP contribution is 2.26. The van der Waals surface area contributed by atoms with Gasteiger partial charge in [-0.15, -0.1) is 0 Å². The van der Waals surface area contributed by atoms with Crippen molar-refractivity contribution in [2.45, 2.75) is 64.6 Å². The van der Waals surface area contributed by atoms with Crippen LogP contribution >= 0.6 is 0 Å². The molecule has 0 heterocycles. The maximum absolute atomic E-state index is 14.0. The van der Waals surface area contributed by atoms with E-state index in [1.165, 1.54) is 17.0 Å². The number of carbonyl (C=O) groups is 2. The third kappa shape index (κ3) is 8.48. The number of methoxy groups -OCH3 is 1. The van der Waals surface area contributed by atoms with Gasteiger partial charge in [-0.05, 0) is 95.6 Å². The number of benzene rings is 3. The van der Waals surface area contributed by atoms with Crippen LogP contribution in [0.15, 0.2) is 77.7 Å². The first-order chi connectivity index (χ1) is 19.7. The van der Waals surface area contributed by atoms with Gasteiger partial charge in [-0.25, -0.2) is 8.42 Å². The maximum atomic E-state index is 14.0. The quantitative estimate of drug-likeness (QED) is 0.318. The summed E-state index contributed by atoms with van der Waals surface area (Å²) in [6, 6.07) is 19.3. The minimum atomic E-state index is -4.17. The number of anilines is 1. The van der Waals surface area contributed by atoms with Crippen LogP contribution in [0.3, 0.4) is 0 Å². The van der Waals surface area contributed by atoms with E-state index in [9.17, 15) is 18.0 Å². The van der Waals surface area contributed by atoms with Crippen LogP contribution in [0.1, 0.15) is 45.7 Å². The number of hydrogen-bond acceptors (Lipinski definition) is 6. The van der Waals surface area contributed by atoms with Crippen LogP contribution in [0, 0.1) is 6.92 Å². The predicted molar refractivity (Wildman–Crippen MR) is 164 cm³/mol. The SMILES string of the molecule is CCOc1ccc(S(=O)(=O)N(CC(=O)N(Cc2ccc(OC)cc2)[C@@H](C)C(=O)NC(C)(C)C)c2ccc(C)cc2)cc1. The van der Waals surface area contributed by atoms with Gasteiger partial charge in [0.2, 0.25) is 11.8 Å². The molecule has 0 aliphatic carbocycles. The summed E-state index contributed by atoms with van der Waals surface area (Å²) in [5, 5.41) is 2.92. The molecule has 1 atom stereocenters. The van der Waals surface area contributed by atoms with E-state index in [-0.39, 0.29) is 17.3 Å². The number of aryl methyl sites for hydroxylation is 1. The number of carbonyl (C=O) groups excluding carboxylic acids is 2. The number of nitrogens with zero attached hydrogens (tertiary/aromatic N) is 2. The first kappa shape index (κ1) is 32.5. The third-order valence-electron chi connectivity index (χ3n) is 6.50. The highest BCUT2D eigenvalue weighted by molar-refractivity contribution is 7.92. The molecular weight excluding hydrogens is 554 g/mol. The standard InChI is InChI=1S/C32H41N3O6S/c1-8-41-28-17-19-29(20-18-28)42(38,39)35(26-13-9-23(2)10-14-26)22-30(36)34(24(3)31(37)33-32(4,5)6)21-25-11-15-27(40-7)16-12-25/h9-20,24H,8,21-22H2,1-7H3,(H,33,37)/t24-/m0/s1. The zero-order valence-electron chi connectivity index (χ0n) is 25.4. The number of ether oxygens (including phenoxy) is 2. The smallest absolute Gasteiger partial charge is 0.264 e. The molecule has 0 saturated heterocycles. The molecule has 1 N–H and O–H groups in total. The normalized spacial score (nSPS) is 12.3. The van der Waals surface area contributed by atoms with Crippen LogP contribution in [-0.4, -0.2) is 57.0 Å². The highest BCUT2D eigenvalue weighted by Gasteiger charge is 2.33. The second kappa shape index (κ2) is 13.7. The molecule has 0 aliphatic rings. The Hall–Kier alpha value is -4.05. The monoisotopic (exact) mass is 595 g/mol. The Labute approximate surface area is 249 Å². The fraction of sp³-hybridized carbons (Fsp3) is 0.375. The summed E-state index contributed by atoms with van der Waals surface area (Å²) in [5.41, 5.74) is 1.51. The molecule has 3 aromatic carbocycles. The van der Waals surface area contributed by atoms with Crippen LogP contribution in [-0.2, 0) is 26.2 Å². The number of hydrogen-bond donors (Lipinski definition) is 1. The van der Waals surface area contributed by atoms with Crippen LogP contribution in [0.4, 0.5) is 5.69 Å². The lowest BCUT2D eigenvalue weighted by molar-refractivity contribution is -0.140. The van der Waals surface area contributed by atoms with Crippen LogP contribution in [0.5, 0.6) is 11.5 Å². The van der Waals surface area contributed by atoms with Crippen molar-refractivity contribution in [3.8, 4) is 11.5 Å². The summed E-state index contributed by atoms with van der Waals surface area (Å²) in [7, 11) is -2.61. The van der Waals surface area contributed by atoms with Crippen molar-refractivity contribution in [1.82, 2.24) is 10.2 Å². The van der Waals surface area contributed by atoms with Gasteiger partial charge in [0.05, 0.1) is 24.3 Å². The zero-order chi connectivity index (χ0) is 31.1. The molecule has 9 nitrogen and oxygen atoms in total. The van der Waals surface area contributed by atoms with Crippen molar-refractivity contribution in [1.29, 1.82) is 0 Å². The summed E-state index contributed by atoms with van der Waals surface area (Å²) < 4.78 is 39.8. The summed E-state index contributed by atoms with van der Waals surface area (Å²) >= 11 is 0. The second-order valence-corrected chi connectivity index (χ2v) is 12.9. The van der Waals surface area contributed by atoms with Gasteiger partial charge in [0.1, 0.15) is 24.1 Å². The van der Waals surface area contributed by atoms with Crippen molar-refractivity contribution < 1.29 is 27.5 Å². The molecule has 0 spiro atoms. The number of nitrogens with one attached hydrogen (secondary N) is 1. The topological polar surface area (TPSA) is 105 Å². The second-order valence-electron chi connectivity index (χ2n) is 11.0. The van der Waals surface area contributed by atoms with Gasteiger partial charge in [-0.2, -0.15) is 0 Å². The van der Waals surface area contributed by atoms with E-state index in [1.807, 2.05) is 46.8 Å². The molecule has 2 amide bonds. The van der Waals surface area contributed by atoms with Gasteiger partial charge < -0.3 is 19.7 Å². The molecular formula is C32H41N3O6S. The summed E-state index contributed by atoms with van der Waals surface area (Å²) in [5.74, 6) is 0.319. The summed E-state index contributed by atoms with van der Waals surface area (Å²) in [6.45, 7) is 11.0. The molecule has 0 bridgehead atoms. The van der Waals surface area contributed by atoms with Crippen molar-refractivity contribution in [2.24, 2.45) is 0 Å². The fourth-order valence-electron chi connectivity index (χ4n) is 4.23. The molecule has 0 aromatic heterocycles. The minimum absolute atomic E-state index is 0.0135. The van der Waals surface area contributed by atoms with E-state index in [0.29, 0.717) is 23.8 Å². The summed E-state index contributed by atoms with van der Waals surface area (Å²) in [4.78, 5) is 28.7. The molecule has 3 aromatic rings. The van der Waals surface area contributed by atoms with E-state index in [4.69, 9.17) is 9.47 Å². The van der Waals surface area contributed by atoms with Gasteiger partial charge >= 0.3 is 0 Å². The Morgan fingerprint density at radius 1 is 0.905 bits per heavy atom. The molecule has 0 radical (unpaired) electrons. The predicted octanol–water partition coefficient (Wildman–Crippen LogP) is 4.93. The van der Waals surface area contributed by atoms with Crippen molar-refractivity contribution >= 4 is 27.5 Å². The molecule has 42 heavy (non-hydrogen) atoms. The molecule has 3 rings (SSSR count). The number of sulfonamides is 1. The van der Waals surface area contributed by atoms with Gasteiger partial charge in [-0.1, -0.05) is 29.8 Å². The Morgan fingerprint density at radius 3 is 2.00 bits per heavy atom. The van der Waals surface area contributed by atoms with Gasteiger partial charge in [0.15, 0.2) is 0 Å². The Balaban J connectivity index is 2.02. The fourth-order valence-corrected chi connectivity index (χ4v) is 5.64. The number of amides is 2. The molecule has 10 heteroatoms. The summed E-state index contributed by atoms with van der Waals surface area (Å²) in [6.07, 6.45) is 0. The lowest BCUT2D eigenvalue weighted by atomic mass is 10.1. The van der Waals surface area contributed by atoms with Gasteiger partial charge in [0, 0.05) is 12.1 Å². The molecule has 0 aliphatic heterocycles. The number of rotatable bonds is 12. The Kier molecular flexibility index (Phi) is 10.6. The van der Waals surface area contributed by atoms with E-state index < -0.39 is 34.1 Å². The van der Waals surface area contributed by atoms with E-state index in [1.54, 1.807) is 62.6 Å². The van der Waals surface area contributed by atoms with E-state index in [0.717, 1.165) is 15.4 Å². The first-order valence-corrected chi connectivity index (χ1v) is 15.3. The van der Waals surface area contributed by atoms with Crippen LogP contribution in [0.2, 0.25) is 0 Å². The lowest BCUT2D eigenvalue weighted by Crippen LogP contribution is -2.54. The maximum Gasteiger partial charge on any atom is 0.264 e. The van der Waals surface area contributed by atoms with Crippen LogP contribution < -0.4 is 19.1 Å². The molecule has 226 valence electrons. The van der Waals surface area contributed by atoms with Crippen molar-refractivity contribution in [2.75, 3.05) is 24.6 Å². The lowest BCUT2D eigenvalue weighted by Gasteiger charge is -2.33. The van der Waals surface area contributed by atoms with E-state index >= 15 is 0 Å². The van der Waals surface area contributed by atoms with E-state index in [2.05, 4.69) is 5.32 Å². The largest absolute Gasteiger partial charge is 0.497 e. The molecule has 0 unspecified atom stereocenters. The minimum Gasteiger partial charge on any atom is -0.497 e.